The predicted octanol–water partition coefficient (Wildman–Crippen LogP) is 4.96. The van der Waals surface area contributed by atoms with Gasteiger partial charge in [-0.15, -0.1) is 0 Å². The first-order chi connectivity index (χ1) is 12.1. The van der Waals surface area contributed by atoms with Crippen molar-refractivity contribution in [1.82, 2.24) is 9.47 Å². The fraction of sp³-hybridized carbons (Fsp3) is 0.364. The smallest absolute Gasteiger partial charge is 0.123 e. The van der Waals surface area contributed by atoms with Crippen molar-refractivity contribution in [2.45, 2.75) is 45.3 Å². The molecule has 25 heavy (non-hydrogen) atoms. The third-order valence-electron chi connectivity index (χ3n) is 5.85. The van der Waals surface area contributed by atoms with Crippen molar-refractivity contribution in [1.29, 1.82) is 0 Å². The maximum Gasteiger partial charge on any atom is 0.123 e. The zero-order chi connectivity index (χ0) is 17.6. The van der Waals surface area contributed by atoms with Crippen molar-refractivity contribution in [3.05, 3.63) is 71.2 Å². The Morgan fingerprint density at radius 2 is 1.88 bits per heavy atom. The quantitative estimate of drug-likeness (QED) is 0.656. The van der Waals surface area contributed by atoms with Crippen LogP contribution in [0.2, 0.25) is 0 Å². The van der Waals surface area contributed by atoms with Crippen LogP contribution in [-0.2, 0) is 19.4 Å². The zero-order valence-corrected chi connectivity index (χ0v) is 15.2. The molecule has 0 N–H and O–H groups in total. The van der Waals surface area contributed by atoms with Gasteiger partial charge in [0.25, 0.3) is 0 Å². The van der Waals surface area contributed by atoms with E-state index < -0.39 is 0 Å². The van der Waals surface area contributed by atoms with Crippen LogP contribution in [0.25, 0.3) is 10.9 Å². The fourth-order valence-electron chi connectivity index (χ4n) is 4.27. The topological polar surface area (TPSA) is 8.17 Å². The molecule has 3 aromatic rings. The maximum atomic E-state index is 13.5. The standard InChI is InChI=1S/C22H25FN2/c1-15-13-21-22(16(2)24(15)3)19-9-4-5-10-20(19)25(21)12-11-17-7-6-8-18(23)14-17/h4-10,14-16H,11-13H2,1-3H3. The summed E-state index contributed by atoms with van der Waals surface area (Å²) >= 11 is 0. The molecule has 4 rings (SSSR count). The van der Waals surface area contributed by atoms with E-state index in [0.29, 0.717) is 12.1 Å². The van der Waals surface area contributed by atoms with Crippen LogP contribution in [0.5, 0.6) is 0 Å². The lowest BCUT2D eigenvalue weighted by Gasteiger charge is -2.36. The average molecular weight is 336 g/mol. The molecule has 0 saturated carbocycles. The fourth-order valence-corrected chi connectivity index (χ4v) is 4.27. The average Bonchev–Trinajstić information content (AvgIpc) is 2.91. The van der Waals surface area contributed by atoms with Gasteiger partial charge in [0.2, 0.25) is 0 Å². The van der Waals surface area contributed by atoms with Gasteiger partial charge in [0.1, 0.15) is 5.82 Å². The summed E-state index contributed by atoms with van der Waals surface area (Å²) in [6.45, 7) is 5.49. The Balaban J connectivity index is 1.77. The molecule has 2 unspecified atom stereocenters. The van der Waals surface area contributed by atoms with Crippen molar-refractivity contribution in [3.63, 3.8) is 0 Å². The Morgan fingerprint density at radius 3 is 2.68 bits per heavy atom. The molecule has 130 valence electrons. The minimum absolute atomic E-state index is 0.152. The van der Waals surface area contributed by atoms with Crippen molar-refractivity contribution in [2.75, 3.05) is 7.05 Å². The zero-order valence-electron chi connectivity index (χ0n) is 15.2. The number of benzene rings is 2. The number of aryl methyl sites for hydroxylation is 2. The molecule has 0 bridgehead atoms. The van der Waals surface area contributed by atoms with E-state index in [0.717, 1.165) is 24.9 Å². The minimum Gasteiger partial charge on any atom is -0.344 e. The highest BCUT2D eigenvalue weighted by atomic mass is 19.1. The van der Waals surface area contributed by atoms with E-state index in [1.54, 1.807) is 12.1 Å². The van der Waals surface area contributed by atoms with Crippen LogP contribution in [0.4, 0.5) is 4.39 Å². The first kappa shape index (κ1) is 16.3. The molecule has 0 saturated heterocycles. The Bertz CT molecular complexity index is 912. The van der Waals surface area contributed by atoms with Gasteiger partial charge in [0.05, 0.1) is 0 Å². The molecule has 1 aromatic heterocycles. The number of hydrogen-bond acceptors (Lipinski definition) is 1. The molecule has 0 aliphatic carbocycles. The first-order valence-corrected chi connectivity index (χ1v) is 9.12. The second kappa shape index (κ2) is 6.30. The summed E-state index contributed by atoms with van der Waals surface area (Å²) in [6, 6.07) is 16.6. The van der Waals surface area contributed by atoms with Gasteiger partial charge in [0.15, 0.2) is 0 Å². The van der Waals surface area contributed by atoms with Gasteiger partial charge in [-0.25, -0.2) is 4.39 Å². The highest BCUT2D eigenvalue weighted by Gasteiger charge is 2.31. The highest BCUT2D eigenvalue weighted by molar-refractivity contribution is 5.86. The number of para-hydroxylation sites is 1. The summed E-state index contributed by atoms with van der Waals surface area (Å²) in [5, 5.41) is 1.36. The lowest BCUT2D eigenvalue weighted by Crippen LogP contribution is -2.38. The Kier molecular flexibility index (Phi) is 4.12. The van der Waals surface area contributed by atoms with Gasteiger partial charge in [-0.1, -0.05) is 30.3 Å². The molecule has 2 heterocycles. The van der Waals surface area contributed by atoms with E-state index in [4.69, 9.17) is 0 Å². The molecule has 0 fully saturated rings. The summed E-state index contributed by atoms with van der Waals surface area (Å²) in [7, 11) is 2.22. The Hall–Kier alpha value is -2.13. The van der Waals surface area contributed by atoms with E-state index in [9.17, 15) is 4.39 Å². The van der Waals surface area contributed by atoms with Crippen LogP contribution in [0.15, 0.2) is 48.5 Å². The summed E-state index contributed by atoms with van der Waals surface area (Å²) in [4.78, 5) is 2.46. The van der Waals surface area contributed by atoms with Crippen molar-refractivity contribution < 1.29 is 4.39 Å². The molecule has 2 atom stereocenters. The summed E-state index contributed by atoms with van der Waals surface area (Å²) < 4.78 is 16.0. The second-order valence-corrected chi connectivity index (χ2v) is 7.30. The molecule has 0 spiro atoms. The van der Waals surface area contributed by atoms with Crippen molar-refractivity contribution in [3.8, 4) is 0 Å². The van der Waals surface area contributed by atoms with E-state index in [1.807, 2.05) is 6.07 Å². The number of likely N-dealkylation sites (N-methyl/N-ethyl adjacent to an activating group) is 1. The van der Waals surface area contributed by atoms with Crippen LogP contribution >= 0.6 is 0 Å². The molecule has 0 radical (unpaired) electrons. The summed E-state index contributed by atoms with van der Waals surface area (Å²) in [5.41, 5.74) is 5.28. The molecule has 1 aliphatic rings. The van der Waals surface area contributed by atoms with Crippen LogP contribution in [0, 0.1) is 5.82 Å². The molecule has 3 heteroatoms. The van der Waals surface area contributed by atoms with Gasteiger partial charge in [-0.3, -0.25) is 4.90 Å². The van der Waals surface area contributed by atoms with Crippen molar-refractivity contribution >= 4 is 10.9 Å². The van der Waals surface area contributed by atoms with Crippen LogP contribution in [-0.4, -0.2) is 22.6 Å². The molecule has 2 aromatic carbocycles. The van der Waals surface area contributed by atoms with Crippen LogP contribution in [0.1, 0.15) is 36.7 Å². The van der Waals surface area contributed by atoms with Gasteiger partial charge in [-0.2, -0.15) is 0 Å². The van der Waals surface area contributed by atoms with Gasteiger partial charge < -0.3 is 4.57 Å². The highest BCUT2D eigenvalue weighted by Crippen LogP contribution is 2.39. The van der Waals surface area contributed by atoms with E-state index in [1.165, 1.54) is 28.2 Å². The third kappa shape index (κ3) is 2.77. The van der Waals surface area contributed by atoms with E-state index >= 15 is 0 Å². The normalized spacial score (nSPS) is 20.8. The Labute approximate surface area is 148 Å². The van der Waals surface area contributed by atoms with E-state index in [-0.39, 0.29) is 5.82 Å². The lowest BCUT2D eigenvalue weighted by atomic mass is 9.93. The molecule has 0 amide bonds. The number of rotatable bonds is 3. The van der Waals surface area contributed by atoms with E-state index in [2.05, 4.69) is 54.6 Å². The molecular formula is C22H25FN2. The molecular weight excluding hydrogens is 311 g/mol. The van der Waals surface area contributed by atoms with Crippen LogP contribution < -0.4 is 0 Å². The number of nitrogens with zero attached hydrogens (tertiary/aromatic N) is 2. The van der Waals surface area contributed by atoms with Gasteiger partial charge in [-0.05, 0) is 56.6 Å². The SMILES string of the molecule is CC1Cc2c(c3ccccc3n2CCc2cccc(F)c2)C(C)N1C. The minimum atomic E-state index is -0.152. The largest absolute Gasteiger partial charge is 0.344 e. The number of hydrogen-bond donors (Lipinski definition) is 0. The molecule has 1 aliphatic heterocycles. The third-order valence-corrected chi connectivity index (χ3v) is 5.85. The predicted molar refractivity (Wildman–Crippen MR) is 101 cm³/mol. The van der Waals surface area contributed by atoms with Gasteiger partial charge >= 0.3 is 0 Å². The van der Waals surface area contributed by atoms with Gasteiger partial charge in [0, 0.05) is 41.6 Å². The maximum absolute atomic E-state index is 13.5. The first-order valence-electron chi connectivity index (χ1n) is 9.12. The summed E-state index contributed by atoms with van der Waals surface area (Å²) in [5.74, 6) is -0.152. The van der Waals surface area contributed by atoms with Crippen molar-refractivity contribution in [2.24, 2.45) is 0 Å². The number of aromatic nitrogens is 1. The monoisotopic (exact) mass is 336 g/mol. The number of fused-ring (bicyclic) bond motifs is 3. The molecule has 2 nitrogen and oxygen atoms in total. The number of halogens is 1. The lowest BCUT2D eigenvalue weighted by molar-refractivity contribution is 0.177. The van der Waals surface area contributed by atoms with Crippen LogP contribution in [0.3, 0.4) is 0 Å². The second-order valence-electron chi connectivity index (χ2n) is 7.30. The Morgan fingerprint density at radius 1 is 1.08 bits per heavy atom. The summed E-state index contributed by atoms with van der Waals surface area (Å²) in [6.07, 6.45) is 1.91.